The minimum Gasteiger partial charge on any atom is -0.368 e. The Balaban J connectivity index is 1.75. The van der Waals surface area contributed by atoms with Crippen molar-refractivity contribution in [1.82, 2.24) is 19.5 Å². The highest BCUT2D eigenvalue weighted by Crippen LogP contribution is 2.28. The fraction of sp³-hybridized carbons (Fsp3) is 0.263. The van der Waals surface area contributed by atoms with Crippen LogP contribution in [-0.4, -0.2) is 59.0 Å². The van der Waals surface area contributed by atoms with Gasteiger partial charge in [0.1, 0.15) is 11.8 Å². The van der Waals surface area contributed by atoms with Crippen LogP contribution in [0.4, 0.5) is 5.69 Å². The molecule has 26 heavy (non-hydrogen) atoms. The summed E-state index contributed by atoms with van der Waals surface area (Å²) in [5.74, 6) is 0. The van der Waals surface area contributed by atoms with Crippen molar-refractivity contribution in [3.05, 3.63) is 47.8 Å². The van der Waals surface area contributed by atoms with Crippen LogP contribution in [0.15, 0.2) is 36.5 Å². The molecule has 1 aliphatic heterocycles. The maximum Gasteiger partial charge on any atom is 0.170 e. The fourth-order valence-corrected chi connectivity index (χ4v) is 3.26. The summed E-state index contributed by atoms with van der Waals surface area (Å²) in [7, 11) is 2.11. The van der Waals surface area contributed by atoms with Crippen molar-refractivity contribution >= 4 is 17.6 Å². The highest BCUT2D eigenvalue weighted by molar-refractivity contribution is 5.74. The summed E-state index contributed by atoms with van der Waals surface area (Å²) in [6.07, 6.45) is 2.42. The van der Waals surface area contributed by atoms with Gasteiger partial charge in [0.05, 0.1) is 23.1 Å². The molecule has 0 spiro atoms. The van der Waals surface area contributed by atoms with Gasteiger partial charge < -0.3 is 9.80 Å². The van der Waals surface area contributed by atoms with Crippen LogP contribution in [-0.2, 0) is 0 Å². The lowest BCUT2D eigenvalue weighted by Gasteiger charge is -2.34. The molecule has 7 nitrogen and oxygen atoms in total. The molecule has 3 heterocycles. The maximum absolute atomic E-state index is 11.0. The van der Waals surface area contributed by atoms with Crippen LogP contribution >= 0.6 is 0 Å². The molecule has 2 aromatic heterocycles. The maximum atomic E-state index is 11.0. The first-order chi connectivity index (χ1) is 12.7. The zero-order valence-electron chi connectivity index (χ0n) is 14.5. The van der Waals surface area contributed by atoms with Crippen LogP contribution in [0.5, 0.6) is 0 Å². The molecule has 0 bridgehead atoms. The number of nitriles is 1. The molecule has 1 aromatic carbocycles. The van der Waals surface area contributed by atoms with Crippen molar-refractivity contribution in [3.63, 3.8) is 0 Å². The molecule has 7 heteroatoms. The molecule has 1 saturated heterocycles. The largest absolute Gasteiger partial charge is 0.368 e. The zero-order valence-corrected chi connectivity index (χ0v) is 14.5. The molecule has 0 atom stereocenters. The number of hydrogen-bond acceptors (Lipinski definition) is 6. The Morgan fingerprint density at radius 1 is 1.15 bits per heavy atom. The molecule has 130 valence electrons. The number of fused-ring (bicyclic) bond motifs is 1. The van der Waals surface area contributed by atoms with E-state index in [-0.39, 0.29) is 0 Å². The van der Waals surface area contributed by atoms with E-state index in [0.29, 0.717) is 23.2 Å². The Morgan fingerprint density at radius 2 is 1.96 bits per heavy atom. The molecule has 0 saturated carbocycles. The molecule has 1 aliphatic rings. The summed E-state index contributed by atoms with van der Waals surface area (Å²) >= 11 is 0. The monoisotopic (exact) mass is 346 g/mol. The number of rotatable bonds is 3. The van der Waals surface area contributed by atoms with E-state index in [1.807, 2.05) is 18.2 Å². The molecule has 0 N–H and O–H groups in total. The van der Waals surface area contributed by atoms with Gasteiger partial charge in [-0.1, -0.05) is 6.07 Å². The summed E-state index contributed by atoms with van der Waals surface area (Å²) in [5, 5.41) is 13.9. The minimum atomic E-state index is 0.339. The van der Waals surface area contributed by atoms with Gasteiger partial charge in [-0.25, -0.2) is 9.50 Å². The molecular weight excluding hydrogens is 328 g/mol. The SMILES string of the molecule is CN1CCN(c2ccc(-c3cnc4ccc(C=O)nn34)cc2C#N)CC1. The quantitative estimate of drug-likeness (QED) is 0.674. The van der Waals surface area contributed by atoms with Crippen molar-refractivity contribution in [3.8, 4) is 17.3 Å². The van der Waals surface area contributed by atoms with Crippen molar-refractivity contribution in [2.45, 2.75) is 0 Å². The molecule has 0 aliphatic carbocycles. The number of hydrogen-bond donors (Lipinski definition) is 0. The first-order valence-electron chi connectivity index (χ1n) is 8.47. The number of imidazole rings is 1. The van der Waals surface area contributed by atoms with Crippen LogP contribution in [0, 0.1) is 11.3 Å². The smallest absolute Gasteiger partial charge is 0.170 e. The van der Waals surface area contributed by atoms with Gasteiger partial charge in [-0.05, 0) is 31.3 Å². The second kappa shape index (κ2) is 6.58. The summed E-state index contributed by atoms with van der Waals surface area (Å²) in [4.78, 5) is 19.9. The molecule has 0 radical (unpaired) electrons. The van der Waals surface area contributed by atoms with Gasteiger partial charge in [-0.2, -0.15) is 10.4 Å². The fourth-order valence-electron chi connectivity index (χ4n) is 3.26. The summed E-state index contributed by atoms with van der Waals surface area (Å²) in [6, 6.07) is 11.5. The van der Waals surface area contributed by atoms with Crippen molar-refractivity contribution < 1.29 is 4.79 Å². The first kappa shape index (κ1) is 16.2. The number of carbonyl (C=O) groups excluding carboxylic acids is 1. The lowest BCUT2D eigenvalue weighted by molar-refractivity contribution is 0.111. The number of piperazine rings is 1. The Kier molecular flexibility index (Phi) is 4.11. The van der Waals surface area contributed by atoms with Gasteiger partial charge >= 0.3 is 0 Å². The predicted molar refractivity (Wildman–Crippen MR) is 98.2 cm³/mol. The third-order valence-corrected chi connectivity index (χ3v) is 4.76. The van der Waals surface area contributed by atoms with E-state index in [1.54, 1.807) is 22.8 Å². The third kappa shape index (κ3) is 2.80. The van der Waals surface area contributed by atoms with Crippen LogP contribution < -0.4 is 4.90 Å². The topological polar surface area (TPSA) is 77.5 Å². The highest BCUT2D eigenvalue weighted by atomic mass is 16.1. The van der Waals surface area contributed by atoms with E-state index in [4.69, 9.17) is 0 Å². The molecular formula is C19H18N6O. The van der Waals surface area contributed by atoms with Crippen LogP contribution in [0.1, 0.15) is 16.1 Å². The summed E-state index contributed by atoms with van der Waals surface area (Å²) in [5.41, 5.74) is 4.19. The average molecular weight is 346 g/mol. The van der Waals surface area contributed by atoms with E-state index in [2.05, 4.69) is 33.0 Å². The molecule has 1 fully saturated rings. The van der Waals surface area contributed by atoms with Gasteiger partial charge in [0, 0.05) is 31.7 Å². The number of anilines is 1. The van der Waals surface area contributed by atoms with Crippen molar-refractivity contribution in [2.24, 2.45) is 0 Å². The van der Waals surface area contributed by atoms with E-state index in [1.165, 1.54) is 0 Å². The van der Waals surface area contributed by atoms with Gasteiger partial charge in [-0.3, -0.25) is 4.79 Å². The Labute approximate surface area is 151 Å². The number of aromatic nitrogens is 3. The van der Waals surface area contributed by atoms with Crippen molar-refractivity contribution in [2.75, 3.05) is 38.1 Å². The lowest BCUT2D eigenvalue weighted by Crippen LogP contribution is -2.44. The lowest BCUT2D eigenvalue weighted by atomic mass is 10.1. The van der Waals surface area contributed by atoms with Gasteiger partial charge in [-0.15, -0.1) is 0 Å². The van der Waals surface area contributed by atoms with E-state index in [0.717, 1.165) is 43.1 Å². The highest BCUT2D eigenvalue weighted by Gasteiger charge is 2.18. The standard InChI is InChI=1S/C19H18N6O/c1-23-6-8-24(9-7-23)17-4-2-14(10-15(17)11-20)18-12-21-19-5-3-16(13-26)22-25(18)19/h2-5,10,12-13H,6-9H2,1H3. The van der Waals surface area contributed by atoms with Gasteiger partial charge in [0.25, 0.3) is 0 Å². The first-order valence-corrected chi connectivity index (χ1v) is 8.47. The van der Waals surface area contributed by atoms with Gasteiger partial charge in [0.2, 0.25) is 0 Å². The van der Waals surface area contributed by atoms with Crippen LogP contribution in [0.25, 0.3) is 16.9 Å². The summed E-state index contributed by atoms with van der Waals surface area (Å²) in [6.45, 7) is 3.78. The number of aldehydes is 1. The normalized spacial score (nSPS) is 15.2. The number of benzene rings is 1. The van der Waals surface area contributed by atoms with Crippen LogP contribution in [0.3, 0.4) is 0 Å². The molecule has 0 unspecified atom stereocenters. The predicted octanol–water partition coefficient (Wildman–Crippen LogP) is 1.83. The number of likely N-dealkylation sites (N-methyl/N-ethyl adjacent to an activating group) is 1. The minimum absolute atomic E-state index is 0.339. The Bertz CT molecular complexity index is 1010. The second-order valence-electron chi connectivity index (χ2n) is 6.42. The van der Waals surface area contributed by atoms with Crippen LogP contribution in [0.2, 0.25) is 0 Å². The Hall–Kier alpha value is -3.24. The Morgan fingerprint density at radius 3 is 2.69 bits per heavy atom. The van der Waals surface area contributed by atoms with E-state index < -0.39 is 0 Å². The van der Waals surface area contributed by atoms with E-state index >= 15 is 0 Å². The third-order valence-electron chi connectivity index (χ3n) is 4.76. The second-order valence-corrected chi connectivity index (χ2v) is 6.42. The van der Waals surface area contributed by atoms with Crippen molar-refractivity contribution in [1.29, 1.82) is 5.26 Å². The number of carbonyl (C=O) groups is 1. The molecule has 3 aromatic rings. The summed E-state index contributed by atoms with van der Waals surface area (Å²) < 4.78 is 1.63. The van der Waals surface area contributed by atoms with E-state index in [9.17, 15) is 10.1 Å². The molecule has 0 amide bonds. The average Bonchev–Trinajstić information content (AvgIpc) is 3.11. The zero-order chi connectivity index (χ0) is 18.1. The number of nitrogens with zero attached hydrogens (tertiary/aromatic N) is 6. The van der Waals surface area contributed by atoms with Gasteiger partial charge in [0.15, 0.2) is 11.9 Å². The molecule has 4 rings (SSSR count).